The first-order valence-corrected chi connectivity index (χ1v) is 7.58. The predicted octanol–water partition coefficient (Wildman–Crippen LogP) is 2.05. The van der Waals surface area contributed by atoms with Crippen molar-refractivity contribution in [3.63, 3.8) is 0 Å². The van der Waals surface area contributed by atoms with Crippen LogP contribution in [0.2, 0.25) is 5.02 Å². The molecule has 8 heteroatoms. The van der Waals surface area contributed by atoms with Gasteiger partial charge in [-0.25, -0.2) is 4.68 Å². The number of benzene rings is 1. The number of carbonyl (C=O) groups excluding carboxylic acids is 1. The van der Waals surface area contributed by atoms with Gasteiger partial charge in [0.2, 0.25) is 0 Å². The zero-order valence-corrected chi connectivity index (χ0v) is 13.0. The SMILES string of the molecule is O=C(O)CC1(NC(=O)c2cn(-c3ccccc3Cl)nn2)CCC1. The van der Waals surface area contributed by atoms with E-state index in [0.29, 0.717) is 23.6 Å². The quantitative estimate of drug-likeness (QED) is 0.872. The molecule has 2 N–H and O–H groups in total. The number of carboxylic acid groups (broad SMARTS) is 1. The fourth-order valence-electron chi connectivity index (χ4n) is 2.67. The maximum Gasteiger partial charge on any atom is 0.305 e. The van der Waals surface area contributed by atoms with Gasteiger partial charge in [0, 0.05) is 0 Å². The predicted molar refractivity (Wildman–Crippen MR) is 82.7 cm³/mol. The molecule has 1 aliphatic carbocycles. The lowest BCUT2D eigenvalue weighted by Crippen LogP contribution is -2.54. The second-order valence-corrected chi connectivity index (χ2v) is 6.07. The number of carboxylic acids is 1. The van der Waals surface area contributed by atoms with Crippen LogP contribution in [0.3, 0.4) is 0 Å². The molecule has 23 heavy (non-hydrogen) atoms. The number of rotatable bonds is 5. The summed E-state index contributed by atoms with van der Waals surface area (Å²) in [4.78, 5) is 23.3. The van der Waals surface area contributed by atoms with Crippen LogP contribution in [0.25, 0.3) is 5.69 Å². The van der Waals surface area contributed by atoms with Crippen LogP contribution < -0.4 is 5.32 Å². The lowest BCUT2D eigenvalue weighted by Gasteiger charge is -2.41. The molecule has 0 unspecified atom stereocenters. The molecule has 3 rings (SSSR count). The Kier molecular flexibility index (Phi) is 4.04. The topological polar surface area (TPSA) is 97.1 Å². The maximum absolute atomic E-state index is 12.3. The molecule has 1 amide bonds. The largest absolute Gasteiger partial charge is 0.481 e. The van der Waals surface area contributed by atoms with Crippen LogP contribution in [0.15, 0.2) is 30.5 Å². The Bertz CT molecular complexity index is 755. The van der Waals surface area contributed by atoms with E-state index in [2.05, 4.69) is 15.6 Å². The lowest BCUT2D eigenvalue weighted by atomic mass is 9.74. The standard InChI is InChI=1S/C15H15ClN4O3/c16-10-4-1-2-5-12(10)20-9-11(18-19-20)14(23)17-15(6-3-7-15)8-13(21)22/h1-2,4-5,9H,3,6-8H2,(H,17,23)(H,21,22). The minimum atomic E-state index is -0.926. The number of aliphatic carboxylic acids is 1. The van der Waals surface area contributed by atoms with Crippen LogP contribution in [-0.4, -0.2) is 37.5 Å². The van der Waals surface area contributed by atoms with E-state index < -0.39 is 17.4 Å². The highest BCUT2D eigenvalue weighted by Crippen LogP contribution is 2.35. The van der Waals surface area contributed by atoms with Gasteiger partial charge in [-0.05, 0) is 31.4 Å². The van der Waals surface area contributed by atoms with Crippen LogP contribution in [0.5, 0.6) is 0 Å². The first-order valence-electron chi connectivity index (χ1n) is 7.21. The number of nitrogens with zero attached hydrogens (tertiary/aromatic N) is 3. The molecule has 2 aromatic rings. The fraction of sp³-hybridized carbons (Fsp3) is 0.333. The zero-order valence-electron chi connectivity index (χ0n) is 12.2. The number of hydrogen-bond donors (Lipinski definition) is 2. The van der Waals surface area contributed by atoms with Crippen LogP contribution in [0.4, 0.5) is 0 Å². The number of para-hydroxylation sites is 1. The molecule has 0 saturated heterocycles. The highest BCUT2D eigenvalue weighted by atomic mass is 35.5. The molecule has 0 radical (unpaired) electrons. The third-order valence-electron chi connectivity index (χ3n) is 4.00. The fourth-order valence-corrected chi connectivity index (χ4v) is 2.89. The number of aromatic nitrogens is 3. The summed E-state index contributed by atoms with van der Waals surface area (Å²) in [5.74, 6) is -1.35. The second kappa shape index (κ2) is 6.00. The molecule has 1 heterocycles. The Labute approximate surface area is 137 Å². The number of nitrogens with one attached hydrogen (secondary N) is 1. The summed E-state index contributed by atoms with van der Waals surface area (Å²) in [6.07, 6.45) is 3.61. The van der Waals surface area contributed by atoms with E-state index in [1.165, 1.54) is 10.9 Å². The van der Waals surface area contributed by atoms with Gasteiger partial charge >= 0.3 is 5.97 Å². The third-order valence-corrected chi connectivity index (χ3v) is 4.32. The van der Waals surface area contributed by atoms with Gasteiger partial charge in [0.25, 0.3) is 5.91 Å². The van der Waals surface area contributed by atoms with Crippen molar-refractivity contribution in [3.05, 3.63) is 41.2 Å². The number of amides is 1. The minimum Gasteiger partial charge on any atom is -0.481 e. The van der Waals surface area contributed by atoms with Crippen molar-refractivity contribution in [2.75, 3.05) is 0 Å². The Morgan fingerprint density at radius 2 is 2.09 bits per heavy atom. The molecule has 1 fully saturated rings. The van der Waals surface area contributed by atoms with Crippen LogP contribution in [-0.2, 0) is 4.79 Å². The van der Waals surface area contributed by atoms with Crippen molar-refractivity contribution in [1.29, 1.82) is 0 Å². The normalized spacial score (nSPS) is 15.7. The number of hydrogen-bond acceptors (Lipinski definition) is 4. The summed E-state index contributed by atoms with van der Waals surface area (Å²) in [6.45, 7) is 0. The molecule has 1 aromatic heterocycles. The zero-order chi connectivity index (χ0) is 16.4. The van der Waals surface area contributed by atoms with Crippen molar-refractivity contribution in [2.45, 2.75) is 31.2 Å². The lowest BCUT2D eigenvalue weighted by molar-refractivity contribution is -0.139. The highest BCUT2D eigenvalue weighted by molar-refractivity contribution is 6.32. The summed E-state index contributed by atoms with van der Waals surface area (Å²) in [7, 11) is 0. The average Bonchev–Trinajstić information content (AvgIpc) is 2.94. The van der Waals surface area contributed by atoms with Crippen LogP contribution in [0, 0.1) is 0 Å². The first kappa shape index (κ1) is 15.5. The van der Waals surface area contributed by atoms with Gasteiger partial charge in [-0.2, -0.15) is 0 Å². The van der Waals surface area contributed by atoms with Crippen LogP contribution >= 0.6 is 11.6 Å². The van der Waals surface area contributed by atoms with E-state index in [9.17, 15) is 9.59 Å². The van der Waals surface area contributed by atoms with Crippen molar-refractivity contribution in [3.8, 4) is 5.69 Å². The van der Waals surface area contributed by atoms with Gasteiger partial charge in [-0.3, -0.25) is 9.59 Å². The molecule has 0 atom stereocenters. The number of carbonyl (C=O) groups is 2. The molecule has 120 valence electrons. The van der Waals surface area contributed by atoms with Gasteiger partial charge in [0.05, 0.1) is 28.9 Å². The van der Waals surface area contributed by atoms with Gasteiger partial charge in [-0.1, -0.05) is 28.9 Å². The molecule has 1 aliphatic rings. The Morgan fingerprint density at radius 3 is 2.70 bits per heavy atom. The molecule has 0 bridgehead atoms. The molecule has 0 aliphatic heterocycles. The van der Waals surface area contributed by atoms with Gasteiger partial charge in [-0.15, -0.1) is 5.10 Å². The summed E-state index contributed by atoms with van der Waals surface area (Å²) < 4.78 is 1.42. The van der Waals surface area contributed by atoms with Crippen LogP contribution in [0.1, 0.15) is 36.2 Å². The Balaban J connectivity index is 1.76. The first-order chi connectivity index (χ1) is 11.0. The molecule has 7 nitrogen and oxygen atoms in total. The molecule has 1 aromatic carbocycles. The van der Waals surface area contributed by atoms with Crippen molar-refractivity contribution < 1.29 is 14.7 Å². The molecular weight excluding hydrogens is 320 g/mol. The molecule has 1 saturated carbocycles. The van der Waals surface area contributed by atoms with E-state index in [-0.39, 0.29) is 12.1 Å². The summed E-state index contributed by atoms with van der Waals surface area (Å²) >= 11 is 6.09. The maximum atomic E-state index is 12.3. The van der Waals surface area contributed by atoms with E-state index in [0.717, 1.165) is 6.42 Å². The third kappa shape index (κ3) is 3.19. The van der Waals surface area contributed by atoms with E-state index in [1.807, 2.05) is 0 Å². The van der Waals surface area contributed by atoms with Crippen molar-refractivity contribution in [2.24, 2.45) is 0 Å². The summed E-state index contributed by atoms with van der Waals surface area (Å²) in [5.41, 5.74) is 0.0723. The smallest absolute Gasteiger partial charge is 0.305 e. The van der Waals surface area contributed by atoms with E-state index >= 15 is 0 Å². The van der Waals surface area contributed by atoms with Crippen molar-refractivity contribution >= 4 is 23.5 Å². The second-order valence-electron chi connectivity index (χ2n) is 5.66. The number of halogens is 1. The Hall–Kier alpha value is -2.41. The van der Waals surface area contributed by atoms with Crippen molar-refractivity contribution in [1.82, 2.24) is 20.3 Å². The van der Waals surface area contributed by atoms with E-state index in [4.69, 9.17) is 16.7 Å². The van der Waals surface area contributed by atoms with Gasteiger partial charge < -0.3 is 10.4 Å². The van der Waals surface area contributed by atoms with E-state index in [1.54, 1.807) is 24.3 Å². The summed E-state index contributed by atoms with van der Waals surface area (Å²) in [5, 5.41) is 20.0. The highest BCUT2D eigenvalue weighted by Gasteiger charge is 2.40. The monoisotopic (exact) mass is 334 g/mol. The van der Waals surface area contributed by atoms with Gasteiger partial charge in [0.15, 0.2) is 5.69 Å². The van der Waals surface area contributed by atoms with Gasteiger partial charge in [0.1, 0.15) is 0 Å². The average molecular weight is 335 g/mol. The molecule has 0 spiro atoms. The molecular formula is C15H15ClN4O3. The summed E-state index contributed by atoms with van der Waals surface area (Å²) in [6, 6.07) is 7.08. The minimum absolute atomic E-state index is 0.0859. The Morgan fingerprint density at radius 1 is 1.35 bits per heavy atom.